The number of hydrogen-bond acceptors (Lipinski definition) is 6. The van der Waals surface area contributed by atoms with E-state index in [1.165, 1.54) is 22.3 Å². The number of amidine groups is 2. The second-order valence-corrected chi connectivity index (χ2v) is 8.47. The summed E-state index contributed by atoms with van der Waals surface area (Å²) in [5.41, 5.74) is 4.06. The molecule has 3 heterocycles. The van der Waals surface area contributed by atoms with Gasteiger partial charge in [0, 0.05) is 18.0 Å². The summed E-state index contributed by atoms with van der Waals surface area (Å²) in [6, 6.07) is 19.3. The fourth-order valence-electron chi connectivity index (χ4n) is 3.39. The lowest BCUT2D eigenvalue weighted by Crippen LogP contribution is -2.35. The minimum Gasteiger partial charge on any atom is -0.489 e. The number of aliphatic imine (C=N–C) groups is 1. The summed E-state index contributed by atoms with van der Waals surface area (Å²) >= 11 is 1.25. The van der Waals surface area contributed by atoms with E-state index in [-0.39, 0.29) is 11.4 Å². The van der Waals surface area contributed by atoms with Crippen molar-refractivity contribution in [1.82, 2.24) is 9.99 Å². The lowest BCUT2D eigenvalue weighted by molar-refractivity contribution is -0.114. The number of nitrogens with one attached hydrogen (secondary N) is 1. The van der Waals surface area contributed by atoms with Crippen molar-refractivity contribution in [2.24, 2.45) is 10.1 Å². The van der Waals surface area contributed by atoms with Crippen molar-refractivity contribution in [1.29, 1.82) is 5.41 Å². The lowest BCUT2D eigenvalue weighted by Gasteiger charge is -2.20. The van der Waals surface area contributed by atoms with Gasteiger partial charge in [-0.1, -0.05) is 42.0 Å². The molecule has 2 aliphatic heterocycles. The Labute approximate surface area is 195 Å². The molecule has 0 spiro atoms. The van der Waals surface area contributed by atoms with Crippen LogP contribution >= 0.6 is 11.8 Å². The molecule has 1 aromatic heterocycles. The second kappa shape index (κ2) is 8.84. The van der Waals surface area contributed by atoms with E-state index >= 15 is 0 Å². The Morgan fingerprint density at radius 3 is 2.73 bits per heavy atom. The molecule has 0 fully saturated rings. The van der Waals surface area contributed by atoms with E-state index in [4.69, 9.17) is 10.1 Å². The number of rotatable bonds is 5. The van der Waals surface area contributed by atoms with Crippen molar-refractivity contribution in [3.05, 3.63) is 101 Å². The fraction of sp³-hybridized carbons (Fsp3) is 0.0800. The van der Waals surface area contributed by atoms with Gasteiger partial charge in [0.15, 0.2) is 5.84 Å². The topological polar surface area (TPSA) is 91.0 Å². The molecule has 3 aromatic rings. The average molecular weight is 454 g/mol. The molecule has 2 aromatic carbocycles. The van der Waals surface area contributed by atoms with Crippen LogP contribution in [0.25, 0.3) is 6.08 Å². The van der Waals surface area contributed by atoms with Crippen molar-refractivity contribution in [2.75, 3.05) is 0 Å². The molecule has 1 amide bonds. The van der Waals surface area contributed by atoms with Gasteiger partial charge in [-0.25, -0.2) is 0 Å². The predicted octanol–water partition coefficient (Wildman–Crippen LogP) is 4.64. The summed E-state index contributed by atoms with van der Waals surface area (Å²) in [6.07, 6.45) is 5.02. The van der Waals surface area contributed by atoms with Gasteiger partial charge in [-0.05, 0) is 60.2 Å². The van der Waals surface area contributed by atoms with Crippen molar-refractivity contribution < 1.29 is 9.53 Å². The van der Waals surface area contributed by atoms with E-state index in [1.54, 1.807) is 18.5 Å². The Hall–Kier alpha value is -4.04. The monoisotopic (exact) mass is 453 g/mol. The minimum atomic E-state index is -0.457. The Kier molecular flexibility index (Phi) is 5.58. The van der Waals surface area contributed by atoms with E-state index < -0.39 is 5.91 Å². The normalized spacial score (nSPS) is 16.5. The first kappa shape index (κ1) is 20.8. The van der Waals surface area contributed by atoms with Crippen LogP contribution in [0.1, 0.15) is 22.3 Å². The Balaban J connectivity index is 1.32. The lowest BCUT2D eigenvalue weighted by atomic mass is 10.1. The van der Waals surface area contributed by atoms with Gasteiger partial charge in [0.05, 0.1) is 5.57 Å². The van der Waals surface area contributed by atoms with Crippen LogP contribution in [0.2, 0.25) is 0 Å². The summed E-state index contributed by atoms with van der Waals surface area (Å²) in [6.45, 7) is 2.53. The molecule has 0 bridgehead atoms. The van der Waals surface area contributed by atoms with E-state index in [1.807, 2.05) is 48.5 Å². The van der Waals surface area contributed by atoms with Gasteiger partial charge in [-0.3, -0.25) is 15.2 Å². The molecule has 8 heteroatoms. The number of pyridine rings is 1. The van der Waals surface area contributed by atoms with Gasteiger partial charge >= 0.3 is 0 Å². The molecule has 0 unspecified atom stereocenters. The number of nitrogens with zero attached hydrogens (tertiary/aromatic N) is 4. The molecule has 0 radical (unpaired) electrons. The van der Waals surface area contributed by atoms with Gasteiger partial charge in [-0.2, -0.15) is 15.1 Å². The van der Waals surface area contributed by atoms with Crippen molar-refractivity contribution in [2.45, 2.75) is 13.5 Å². The standard InChI is InChI=1S/C25H19N5O2S/c1-16-4-2-5-18(12-16)15-32-20-9-7-17(8-10-20)13-21-22(26)30-25(28-23(21)31)33-24(29-30)19-6-3-11-27-14-19/h2-14,26H,15H2,1H3/b21-13-,26-22?. The van der Waals surface area contributed by atoms with Crippen LogP contribution in [-0.4, -0.2) is 31.9 Å². The highest BCUT2D eigenvalue weighted by Gasteiger charge is 2.36. The first-order valence-electron chi connectivity index (χ1n) is 10.3. The number of amides is 1. The first-order valence-corrected chi connectivity index (χ1v) is 11.1. The maximum absolute atomic E-state index is 12.6. The number of aryl methyl sites for hydroxylation is 1. The van der Waals surface area contributed by atoms with Crippen LogP contribution in [-0.2, 0) is 11.4 Å². The number of benzene rings is 2. The molecule has 0 aliphatic carbocycles. The molecule has 162 valence electrons. The number of fused-ring (bicyclic) bond motifs is 1. The van der Waals surface area contributed by atoms with E-state index in [0.717, 1.165) is 22.4 Å². The van der Waals surface area contributed by atoms with Crippen LogP contribution in [0.5, 0.6) is 5.75 Å². The number of thioether (sulfide) groups is 1. The van der Waals surface area contributed by atoms with Crippen molar-refractivity contribution >= 4 is 39.8 Å². The van der Waals surface area contributed by atoms with E-state index in [0.29, 0.717) is 16.8 Å². The van der Waals surface area contributed by atoms with Gasteiger partial charge in [-0.15, -0.1) is 0 Å². The summed E-state index contributed by atoms with van der Waals surface area (Å²) in [5.74, 6) is 0.267. The third kappa shape index (κ3) is 4.47. The number of ether oxygens (including phenoxy) is 1. The summed E-state index contributed by atoms with van der Waals surface area (Å²) < 4.78 is 5.86. The SMILES string of the molecule is Cc1cccc(COc2ccc(/C=C3/C(=N)N4N=C(c5cccnc5)SC4=NC3=O)cc2)c1. The van der Waals surface area contributed by atoms with Gasteiger partial charge < -0.3 is 4.74 Å². The van der Waals surface area contributed by atoms with Crippen molar-refractivity contribution in [3.8, 4) is 5.75 Å². The molecule has 33 heavy (non-hydrogen) atoms. The van der Waals surface area contributed by atoms with Crippen LogP contribution in [0.4, 0.5) is 0 Å². The quantitative estimate of drug-likeness (QED) is 0.569. The maximum atomic E-state index is 12.6. The van der Waals surface area contributed by atoms with Crippen LogP contribution < -0.4 is 4.74 Å². The highest BCUT2D eigenvalue weighted by atomic mass is 32.2. The summed E-state index contributed by atoms with van der Waals surface area (Å²) in [7, 11) is 0. The van der Waals surface area contributed by atoms with Gasteiger partial charge in [0.2, 0.25) is 5.17 Å². The Morgan fingerprint density at radius 2 is 1.97 bits per heavy atom. The fourth-order valence-corrected chi connectivity index (χ4v) is 4.27. The van der Waals surface area contributed by atoms with Crippen LogP contribution in [0.15, 0.2) is 88.7 Å². The Bertz CT molecular complexity index is 1330. The molecular formula is C25H19N5O2S. The number of aromatic nitrogens is 1. The van der Waals surface area contributed by atoms with Crippen LogP contribution in [0, 0.1) is 12.3 Å². The third-order valence-electron chi connectivity index (χ3n) is 5.04. The summed E-state index contributed by atoms with van der Waals surface area (Å²) in [5, 5.41) is 15.4. The van der Waals surface area contributed by atoms with E-state index in [9.17, 15) is 4.79 Å². The zero-order valence-corrected chi connectivity index (χ0v) is 18.5. The molecule has 1 N–H and O–H groups in total. The second-order valence-electron chi connectivity index (χ2n) is 7.51. The molecule has 0 saturated carbocycles. The first-order chi connectivity index (χ1) is 16.1. The number of hydrazone groups is 1. The average Bonchev–Trinajstić information content (AvgIpc) is 3.26. The highest BCUT2D eigenvalue weighted by Crippen LogP contribution is 2.30. The van der Waals surface area contributed by atoms with Gasteiger partial charge in [0.25, 0.3) is 5.91 Å². The number of carbonyl (C=O) groups excluding carboxylic acids is 1. The smallest absolute Gasteiger partial charge is 0.283 e. The summed E-state index contributed by atoms with van der Waals surface area (Å²) in [4.78, 5) is 20.9. The third-order valence-corrected chi connectivity index (χ3v) is 6.00. The molecule has 5 rings (SSSR count). The number of hydrogen-bond donors (Lipinski definition) is 1. The largest absolute Gasteiger partial charge is 0.489 e. The maximum Gasteiger partial charge on any atom is 0.283 e. The molecule has 2 aliphatic rings. The van der Waals surface area contributed by atoms with E-state index in [2.05, 4.69) is 34.1 Å². The van der Waals surface area contributed by atoms with Gasteiger partial charge in [0.1, 0.15) is 17.4 Å². The molecule has 0 saturated heterocycles. The number of carbonyl (C=O) groups is 1. The zero-order chi connectivity index (χ0) is 22.8. The zero-order valence-electron chi connectivity index (χ0n) is 17.7. The highest BCUT2D eigenvalue weighted by molar-refractivity contribution is 8.27. The van der Waals surface area contributed by atoms with Crippen LogP contribution in [0.3, 0.4) is 0 Å². The Morgan fingerprint density at radius 1 is 1.12 bits per heavy atom. The predicted molar refractivity (Wildman–Crippen MR) is 130 cm³/mol. The minimum absolute atomic E-state index is 0.00355. The molecule has 0 atom stereocenters. The van der Waals surface area contributed by atoms with Crippen molar-refractivity contribution in [3.63, 3.8) is 0 Å². The molecular weight excluding hydrogens is 434 g/mol. The molecule has 7 nitrogen and oxygen atoms in total.